The van der Waals surface area contributed by atoms with Gasteiger partial charge in [0.25, 0.3) is 5.91 Å². The van der Waals surface area contributed by atoms with E-state index in [1.165, 1.54) is 6.07 Å². The molecular weight excluding hydrogens is 429 g/mol. The molecule has 2 heterocycles. The third-order valence-electron chi connectivity index (χ3n) is 5.57. The van der Waals surface area contributed by atoms with Crippen LogP contribution in [0.3, 0.4) is 0 Å². The minimum absolute atomic E-state index is 0.0616. The van der Waals surface area contributed by atoms with Gasteiger partial charge in [0.2, 0.25) is 0 Å². The summed E-state index contributed by atoms with van der Waals surface area (Å²) in [6, 6.07) is 13.8. The van der Waals surface area contributed by atoms with E-state index in [0.717, 1.165) is 35.6 Å². The largest absolute Gasteiger partial charge is 0.372 e. The summed E-state index contributed by atoms with van der Waals surface area (Å²) in [5, 5.41) is 3.02. The number of nitrogens with zero attached hydrogens (tertiary/aromatic N) is 2. The standard InChI is InChI=1S/C25H25ClFN3O2/c1-15-13-30(14-16(2)32-15)24-10-8-19(12-28-24)25(31)29-23-6-4-5-20(17(23)3)18-7-9-22(27)21(26)11-18/h4-12,15-16H,13-14H2,1-3H3,(H,29,31). The molecule has 0 radical (unpaired) electrons. The van der Waals surface area contributed by atoms with Gasteiger partial charge in [-0.15, -0.1) is 0 Å². The first kappa shape index (κ1) is 22.2. The fraction of sp³-hybridized carbons (Fsp3) is 0.280. The molecule has 1 aliphatic rings. The zero-order chi connectivity index (χ0) is 22.8. The van der Waals surface area contributed by atoms with E-state index in [0.29, 0.717) is 11.3 Å². The molecule has 166 valence electrons. The maximum Gasteiger partial charge on any atom is 0.257 e. The lowest BCUT2D eigenvalue weighted by Gasteiger charge is -2.36. The highest BCUT2D eigenvalue weighted by atomic mass is 35.5. The number of amides is 1. The van der Waals surface area contributed by atoms with Crippen molar-refractivity contribution in [3.05, 3.63) is 76.7 Å². The second-order valence-corrected chi connectivity index (χ2v) is 8.54. The van der Waals surface area contributed by atoms with Gasteiger partial charge in [-0.3, -0.25) is 4.79 Å². The molecule has 2 unspecified atom stereocenters. The van der Waals surface area contributed by atoms with Crippen molar-refractivity contribution < 1.29 is 13.9 Å². The Bertz CT molecular complexity index is 1130. The highest BCUT2D eigenvalue weighted by molar-refractivity contribution is 6.31. The van der Waals surface area contributed by atoms with E-state index in [1.54, 1.807) is 24.4 Å². The summed E-state index contributed by atoms with van der Waals surface area (Å²) in [6.07, 6.45) is 1.86. The van der Waals surface area contributed by atoms with Crippen molar-refractivity contribution in [1.82, 2.24) is 4.98 Å². The molecule has 32 heavy (non-hydrogen) atoms. The van der Waals surface area contributed by atoms with Crippen molar-refractivity contribution >= 4 is 29.0 Å². The number of hydrogen-bond donors (Lipinski definition) is 1. The van der Waals surface area contributed by atoms with Crippen LogP contribution in [-0.4, -0.2) is 36.2 Å². The van der Waals surface area contributed by atoms with Gasteiger partial charge < -0.3 is 15.0 Å². The smallest absolute Gasteiger partial charge is 0.257 e. The summed E-state index contributed by atoms with van der Waals surface area (Å²) in [6.45, 7) is 7.52. The number of hydrogen-bond acceptors (Lipinski definition) is 4. The van der Waals surface area contributed by atoms with Crippen molar-refractivity contribution in [2.45, 2.75) is 33.0 Å². The number of halogens is 2. The SMILES string of the molecule is Cc1c(NC(=O)c2ccc(N3CC(C)OC(C)C3)nc2)cccc1-c1ccc(F)c(Cl)c1. The highest BCUT2D eigenvalue weighted by Gasteiger charge is 2.23. The van der Waals surface area contributed by atoms with E-state index in [2.05, 4.69) is 15.2 Å². The summed E-state index contributed by atoms with van der Waals surface area (Å²) in [4.78, 5) is 19.5. The molecule has 1 amide bonds. The van der Waals surface area contributed by atoms with Crippen LogP contribution in [0.15, 0.2) is 54.7 Å². The monoisotopic (exact) mass is 453 g/mol. The van der Waals surface area contributed by atoms with Gasteiger partial charge in [0.15, 0.2) is 0 Å². The van der Waals surface area contributed by atoms with Crippen LogP contribution in [0.25, 0.3) is 11.1 Å². The second-order valence-electron chi connectivity index (χ2n) is 8.13. The van der Waals surface area contributed by atoms with E-state index in [-0.39, 0.29) is 23.1 Å². The first-order valence-corrected chi connectivity index (χ1v) is 10.9. The number of carbonyl (C=O) groups excluding carboxylic acids is 1. The highest BCUT2D eigenvalue weighted by Crippen LogP contribution is 2.31. The zero-order valence-electron chi connectivity index (χ0n) is 18.2. The Morgan fingerprint density at radius 2 is 1.91 bits per heavy atom. The number of nitrogens with one attached hydrogen (secondary N) is 1. The second kappa shape index (κ2) is 9.27. The molecule has 0 bridgehead atoms. The lowest BCUT2D eigenvalue weighted by molar-refractivity contribution is -0.00546. The van der Waals surface area contributed by atoms with Gasteiger partial charge in [-0.25, -0.2) is 9.37 Å². The van der Waals surface area contributed by atoms with E-state index in [1.807, 2.05) is 45.0 Å². The van der Waals surface area contributed by atoms with Gasteiger partial charge in [-0.2, -0.15) is 0 Å². The fourth-order valence-corrected chi connectivity index (χ4v) is 4.19. The van der Waals surface area contributed by atoms with Crippen molar-refractivity contribution in [2.75, 3.05) is 23.3 Å². The lowest BCUT2D eigenvalue weighted by atomic mass is 9.99. The van der Waals surface area contributed by atoms with Gasteiger partial charge in [0.1, 0.15) is 11.6 Å². The Hall–Kier alpha value is -2.96. The number of aromatic nitrogens is 1. The van der Waals surface area contributed by atoms with Gasteiger partial charge in [0.05, 0.1) is 22.8 Å². The van der Waals surface area contributed by atoms with Crippen LogP contribution in [-0.2, 0) is 4.74 Å². The molecule has 1 fully saturated rings. The van der Waals surface area contributed by atoms with Gasteiger partial charge in [-0.1, -0.05) is 29.8 Å². The van der Waals surface area contributed by atoms with Crippen LogP contribution < -0.4 is 10.2 Å². The summed E-state index contributed by atoms with van der Waals surface area (Å²) in [5.41, 5.74) is 3.66. The molecule has 5 nitrogen and oxygen atoms in total. The molecule has 1 aliphatic heterocycles. The van der Waals surface area contributed by atoms with Crippen LogP contribution in [0, 0.1) is 12.7 Å². The Balaban J connectivity index is 1.51. The minimum Gasteiger partial charge on any atom is -0.372 e. The number of pyridine rings is 1. The molecule has 2 atom stereocenters. The molecule has 1 aromatic heterocycles. The van der Waals surface area contributed by atoms with E-state index in [9.17, 15) is 9.18 Å². The summed E-state index contributed by atoms with van der Waals surface area (Å²) in [5.74, 6) is 0.120. The van der Waals surface area contributed by atoms with E-state index < -0.39 is 5.82 Å². The van der Waals surface area contributed by atoms with E-state index in [4.69, 9.17) is 16.3 Å². The molecule has 4 rings (SSSR count). The average molecular weight is 454 g/mol. The predicted molar refractivity (Wildman–Crippen MR) is 126 cm³/mol. The minimum atomic E-state index is -0.463. The van der Waals surface area contributed by atoms with Crippen molar-refractivity contribution in [3.63, 3.8) is 0 Å². The molecule has 0 saturated carbocycles. The van der Waals surface area contributed by atoms with Crippen LogP contribution in [0.2, 0.25) is 5.02 Å². The number of carbonyl (C=O) groups is 1. The number of anilines is 2. The summed E-state index contributed by atoms with van der Waals surface area (Å²) >= 11 is 5.94. The molecule has 2 aromatic carbocycles. The maximum absolute atomic E-state index is 13.5. The lowest BCUT2D eigenvalue weighted by Crippen LogP contribution is -2.45. The molecule has 1 N–H and O–H groups in total. The zero-order valence-corrected chi connectivity index (χ0v) is 19.0. The Morgan fingerprint density at radius 1 is 1.16 bits per heavy atom. The van der Waals surface area contributed by atoms with Crippen LogP contribution in [0.4, 0.5) is 15.9 Å². The van der Waals surface area contributed by atoms with Crippen molar-refractivity contribution in [1.29, 1.82) is 0 Å². The topological polar surface area (TPSA) is 54.5 Å². The molecule has 7 heteroatoms. The van der Waals surface area contributed by atoms with Crippen molar-refractivity contribution in [3.8, 4) is 11.1 Å². The Labute approximate surface area is 192 Å². The fourth-order valence-electron chi connectivity index (χ4n) is 4.01. The van der Waals surface area contributed by atoms with E-state index >= 15 is 0 Å². The average Bonchev–Trinajstić information content (AvgIpc) is 2.76. The third kappa shape index (κ3) is 4.76. The van der Waals surface area contributed by atoms with Crippen LogP contribution in [0.1, 0.15) is 29.8 Å². The normalized spacial score (nSPS) is 18.5. The Kier molecular flexibility index (Phi) is 6.44. The molecule has 0 aliphatic carbocycles. The third-order valence-corrected chi connectivity index (χ3v) is 5.86. The molecule has 0 spiro atoms. The predicted octanol–water partition coefficient (Wildman–Crippen LogP) is 5.72. The number of benzene rings is 2. The maximum atomic E-state index is 13.5. The summed E-state index contributed by atoms with van der Waals surface area (Å²) < 4.78 is 19.3. The van der Waals surface area contributed by atoms with Crippen molar-refractivity contribution in [2.24, 2.45) is 0 Å². The van der Waals surface area contributed by atoms with Gasteiger partial charge >= 0.3 is 0 Å². The van der Waals surface area contributed by atoms with Crippen LogP contribution in [0.5, 0.6) is 0 Å². The quantitative estimate of drug-likeness (QED) is 0.549. The number of rotatable bonds is 4. The first-order chi connectivity index (χ1) is 15.3. The number of ether oxygens (including phenoxy) is 1. The summed E-state index contributed by atoms with van der Waals surface area (Å²) in [7, 11) is 0. The van der Waals surface area contributed by atoms with Gasteiger partial charge in [-0.05, 0) is 67.8 Å². The first-order valence-electron chi connectivity index (χ1n) is 10.5. The Morgan fingerprint density at radius 3 is 2.56 bits per heavy atom. The molecule has 3 aromatic rings. The molecule has 1 saturated heterocycles. The van der Waals surface area contributed by atoms with Crippen LogP contribution >= 0.6 is 11.6 Å². The number of morpholine rings is 1. The van der Waals surface area contributed by atoms with Gasteiger partial charge in [0, 0.05) is 25.0 Å². The molecular formula is C25H25ClFN3O2.